The molecule has 2 heteroatoms. The fraction of sp³-hybridized carbons (Fsp3) is 0.800. The molecule has 0 aliphatic rings. The second-order valence-corrected chi connectivity index (χ2v) is 1.39. The molecular weight excluding hydrogens is 88.1 g/mol. The molecule has 0 fully saturated rings. The second-order valence-electron chi connectivity index (χ2n) is 1.39. The van der Waals surface area contributed by atoms with Gasteiger partial charge in [0.05, 0.1) is 0 Å². The number of hydrogen-bond donors (Lipinski definition) is 1. The SMILES string of the molecule is CCCCNC#N. The molecule has 40 valence electrons. The standard InChI is InChI=1S/C5H10N2/c1-2-3-4-7-5-6/h7H,2-4H2,1H3. The van der Waals surface area contributed by atoms with Crippen LogP contribution in [0.2, 0.25) is 0 Å². The number of nitrogens with one attached hydrogen (secondary N) is 1. The summed E-state index contributed by atoms with van der Waals surface area (Å²) in [6.07, 6.45) is 4.09. The summed E-state index contributed by atoms with van der Waals surface area (Å²) in [7, 11) is 0. The first kappa shape index (κ1) is 6.29. The Labute approximate surface area is 44.1 Å². The molecule has 0 amide bonds. The summed E-state index contributed by atoms with van der Waals surface area (Å²) in [4.78, 5) is 0. The molecule has 0 saturated carbocycles. The predicted octanol–water partition coefficient (Wildman–Crippen LogP) is 0.857. The van der Waals surface area contributed by atoms with Gasteiger partial charge >= 0.3 is 0 Å². The summed E-state index contributed by atoms with van der Waals surface area (Å²) in [6, 6.07) is 0. The number of nitrogens with zero attached hydrogens (tertiary/aromatic N) is 1. The van der Waals surface area contributed by atoms with E-state index in [9.17, 15) is 0 Å². The van der Waals surface area contributed by atoms with Crippen molar-refractivity contribution in [1.29, 1.82) is 5.26 Å². The molecule has 0 bridgehead atoms. The van der Waals surface area contributed by atoms with Gasteiger partial charge in [-0.1, -0.05) is 13.3 Å². The van der Waals surface area contributed by atoms with Gasteiger partial charge in [0.2, 0.25) is 0 Å². The van der Waals surface area contributed by atoms with E-state index in [4.69, 9.17) is 5.26 Å². The Morgan fingerprint density at radius 3 is 2.86 bits per heavy atom. The molecule has 0 aromatic carbocycles. The van der Waals surface area contributed by atoms with Gasteiger partial charge < -0.3 is 5.32 Å². The largest absolute Gasteiger partial charge is 0.324 e. The number of nitriles is 1. The van der Waals surface area contributed by atoms with E-state index in [1.54, 1.807) is 0 Å². The van der Waals surface area contributed by atoms with Gasteiger partial charge in [-0.25, -0.2) is 0 Å². The third kappa shape index (κ3) is 5.29. The van der Waals surface area contributed by atoms with Gasteiger partial charge in [-0.3, -0.25) is 0 Å². The van der Waals surface area contributed by atoms with Crippen molar-refractivity contribution in [2.45, 2.75) is 19.8 Å². The molecule has 0 radical (unpaired) electrons. The average molecular weight is 98.1 g/mol. The molecule has 0 aromatic heterocycles. The third-order valence-corrected chi connectivity index (χ3v) is 0.734. The highest BCUT2D eigenvalue weighted by molar-refractivity contribution is 4.62. The summed E-state index contributed by atoms with van der Waals surface area (Å²) in [5, 5.41) is 10.5. The Bertz CT molecular complexity index is 63.0. The maximum Gasteiger partial charge on any atom is 0.176 e. The minimum absolute atomic E-state index is 0.826. The highest BCUT2D eigenvalue weighted by Crippen LogP contribution is 1.79. The van der Waals surface area contributed by atoms with Gasteiger partial charge in [-0.05, 0) is 6.42 Å². The molecule has 0 unspecified atom stereocenters. The van der Waals surface area contributed by atoms with Crippen LogP contribution in [0.5, 0.6) is 0 Å². The number of hydrogen-bond acceptors (Lipinski definition) is 2. The average Bonchev–Trinajstić information content (AvgIpc) is 1.69. The zero-order valence-electron chi connectivity index (χ0n) is 4.57. The van der Waals surface area contributed by atoms with Gasteiger partial charge in [0.15, 0.2) is 6.19 Å². The van der Waals surface area contributed by atoms with E-state index in [0.29, 0.717) is 0 Å². The van der Waals surface area contributed by atoms with Crippen molar-refractivity contribution in [3.8, 4) is 6.19 Å². The predicted molar refractivity (Wildman–Crippen MR) is 28.5 cm³/mol. The molecule has 0 aromatic rings. The van der Waals surface area contributed by atoms with E-state index < -0.39 is 0 Å². The van der Waals surface area contributed by atoms with E-state index in [1.165, 1.54) is 0 Å². The van der Waals surface area contributed by atoms with Crippen LogP contribution in [0.4, 0.5) is 0 Å². The van der Waals surface area contributed by atoms with Gasteiger partial charge in [0.1, 0.15) is 0 Å². The Morgan fingerprint density at radius 1 is 1.71 bits per heavy atom. The van der Waals surface area contributed by atoms with Crippen LogP contribution >= 0.6 is 0 Å². The van der Waals surface area contributed by atoms with Crippen LogP contribution in [0.3, 0.4) is 0 Å². The smallest absolute Gasteiger partial charge is 0.176 e. The Hall–Kier alpha value is -0.710. The molecule has 7 heavy (non-hydrogen) atoms. The molecule has 0 atom stereocenters. The zero-order chi connectivity index (χ0) is 5.54. The van der Waals surface area contributed by atoms with Gasteiger partial charge in [-0.2, -0.15) is 5.26 Å². The van der Waals surface area contributed by atoms with Crippen molar-refractivity contribution >= 4 is 0 Å². The zero-order valence-corrected chi connectivity index (χ0v) is 4.57. The lowest BCUT2D eigenvalue weighted by molar-refractivity contribution is 0.742. The summed E-state index contributed by atoms with van der Waals surface area (Å²) >= 11 is 0. The van der Waals surface area contributed by atoms with Crippen LogP contribution < -0.4 is 5.32 Å². The van der Waals surface area contributed by atoms with Crippen molar-refractivity contribution in [2.75, 3.05) is 6.54 Å². The minimum atomic E-state index is 0.826. The number of rotatable bonds is 3. The Morgan fingerprint density at radius 2 is 2.43 bits per heavy atom. The lowest BCUT2D eigenvalue weighted by Crippen LogP contribution is -2.05. The van der Waals surface area contributed by atoms with Crippen molar-refractivity contribution in [2.24, 2.45) is 0 Å². The van der Waals surface area contributed by atoms with Crippen LogP contribution in [0.15, 0.2) is 0 Å². The summed E-state index contributed by atoms with van der Waals surface area (Å²) in [6.45, 7) is 2.92. The van der Waals surface area contributed by atoms with E-state index in [2.05, 4.69) is 12.2 Å². The first-order valence-corrected chi connectivity index (χ1v) is 2.53. The van der Waals surface area contributed by atoms with E-state index in [1.807, 2.05) is 6.19 Å². The van der Waals surface area contributed by atoms with E-state index >= 15 is 0 Å². The second kappa shape index (κ2) is 5.29. The van der Waals surface area contributed by atoms with Crippen LogP contribution in [0, 0.1) is 11.5 Å². The lowest BCUT2D eigenvalue weighted by atomic mass is 10.3. The van der Waals surface area contributed by atoms with Gasteiger partial charge in [-0.15, -0.1) is 0 Å². The fourth-order valence-electron chi connectivity index (χ4n) is 0.321. The monoisotopic (exact) mass is 98.1 g/mol. The molecule has 0 aliphatic heterocycles. The Balaban J connectivity index is 2.60. The molecule has 0 saturated heterocycles. The number of unbranched alkanes of at least 4 members (excludes halogenated alkanes) is 1. The van der Waals surface area contributed by atoms with Crippen LogP contribution in [0.25, 0.3) is 0 Å². The summed E-state index contributed by atoms with van der Waals surface area (Å²) in [5.74, 6) is 0. The fourth-order valence-corrected chi connectivity index (χ4v) is 0.321. The first-order chi connectivity index (χ1) is 3.41. The quantitative estimate of drug-likeness (QED) is 0.323. The highest BCUT2D eigenvalue weighted by Gasteiger charge is 1.76. The maximum atomic E-state index is 7.93. The van der Waals surface area contributed by atoms with Gasteiger partial charge in [0, 0.05) is 6.54 Å². The van der Waals surface area contributed by atoms with Gasteiger partial charge in [0.25, 0.3) is 0 Å². The normalized spacial score (nSPS) is 7.43. The first-order valence-electron chi connectivity index (χ1n) is 2.53. The minimum Gasteiger partial charge on any atom is -0.324 e. The lowest BCUT2D eigenvalue weighted by Gasteiger charge is -1.88. The highest BCUT2D eigenvalue weighted by atomic mass is 14.8. The van der Waals surface area contributed by atoms with Crippen molar-refractivity contribution in [3.63, 3.8) is 0 Å². The third-order valence-electron chi connectivity index (χ3n) is 0.734. The molecule has 2 nitrogen and oxygen atoms in total. The van der Waals surface area contributed by atoms with Crippen molar-refractivity contribution in [3.05, 3.63) is 0 Å². The molecule has 0 aliphatic carbocycles. The van der Waals surface area contributed by atoms with Crippen LogP contribution in [-0.4, -0.2) is 6.54 Å². The van der Waals surface area contributed by atoms with Crippen molar-refractivity contribution < 1.29 is 0 Å². The summed E-state index contributed by atoms with van der Waals surface area (Å²) < 4.78 is 0. The van der Waals surface area contributed by atoms with Crippen molar-refractivity contribution in [1.82, 2.24) is 5.32 Å². The molecule has 0 rings (SSSR count). The Kier molecular flexibility index (Phi) is 4.75. The van der Waals surface area contributed by atoms with E-state index in [0.717, 1.165) is 19.4 Å². The topological polar surface area (TPSA) is 35.8 Å². The van der Waals surface area contributed by atoms with Crippen LogP contribution in [0.1, 0.15) is 19.8 Å². The van der Waals surface area contributed by atoms with Crippen LogP contribution in [-0.2, 0) is 0 Å². The van der Waals surface area contributed by atoms with E-state index in [-0.39, 0.29) is 0 Å². The molecule has 0 heterocycles. The maximum absolute atomic E-state index is 7.93. The summed E-state index contributed by atoms with van der Waals surface area (Å²) in [5.41, 5.74) is 0. The molecule has 1 N–H and O–H groups in total. The molecule has 0 spiro atoms. The molecular formula is C5H10N2.